The van der Waals surface area contributed by atoms with Crippen molar-refractivity contribution in [3.8, 4) is 0 Å². The molecular weight excluding hydrogens is 228 g/mol. The van der Waals surface area contributed by atoms with Crippen molar-refractivity contribution in [3.05, 3.63) is 23.9 Å². The summed E-state index contributed by atoms with van der Waals surface area (Å²) in [4.78, 5) is 14.6. The molecule has 0 spiro atoms. The average molecular weight is 242 g/mol. The summed E-state index contributed by atoms with van der Waals surface area (Å²) in [6.07, 6.45) is 1.63. The van der Waals surface area contributed by atoms with E-state index < -0.39 is 16.8 Å². The number of aromatic nitrogens is 1. The first-order chi connectivity index (χ1) is 7.50. The highest BCUT2D eigenvalue weighted by atomic mass is 32.2. The average Bonchev–Trinajstić information content (AvgIpc) is 2.26. The van der Waals surface area contributed by atoms with Crippen LogP contribution in [-0.4, -0.2) is 38.3 Å². The Balaban J connectivity index is 2.64. The van der Waals surface area contributed by atoms with Crippen molar-refractivity contribution in [1.29, 1.82) is 0 Å². The first-order valence-electron chi connectivity index (χ1n) is 4.77. The van der Waals surface area contributed by atoms with Crippen LogP contribution in [0, 0.1) is 0 Å². The molecule has 2 unspecified atom stereocenters. The lowest BCUT2D eigenvalue weighted by atomic mass is 10.3. The molecule has 1 heterocycles. The third kappa shape index (κ3) is 3.62. The number of nitrogens with one attached hydrogen (secondary N) is 1. The second kappa shape index (κ2) is 5.60. The number of carbonyl (C=O) groups is 1. The van der Waals surface area contributed by atoms with E-state index in [4.69, 9.17) is 5.11 Å². The van der Waals surface area contributed by atoms with Crippen LogP contribution in [0.2, 0.25) is 0 Å². The molecule has 5 nitrogen and oxygen atoms in total. The number of aromatic carboxylic acids is 1. The molecule has 2 N–H and O–H groups in total. The summed E-state index contributed by atoms with van der Waals surface area (Å²) in [5, 5.41) is 11.7. The van der Waals surface area contributed by atoms with E-state index in [-0.39, 0.29) is 10.9 Å². The molecule has 0 amide bonds. The molecule has 0 radical (unpaired) electrons. The van der Waals surface area contributed by atoms with Crippen molar-refractivity contribution in [2.75, 3.05) is 18.1 Å². The summed E-state index contributed by atoms with van der Waals surface area (Å²) in [6, 6.07) is 4.72. The van der Waals surface area contributed by atoms with Gasteiger partial charge < -0.3 is 10.4 Å². The molecule has 0 saturated heterocycles. The van der Waals surface area contributed by atoms with Gasteiger partial charge in [-0.15, -0.1) is 0 Å². The number of pyridine rings is 1. The Morgan fingerprint density at radius 2 is 2.31 bits per heavy atom. The van der Waals surface area contributed by atoms with Crippen LogP contribution in [0.1, 0.15) is 17.4 Å². The van der Waals surface area contributed by atoms with Gasteiger partial charge in [-0.2, -0.15) is 0 Å². The van der Waals surface area contributed by atoms with Crippen molar-refractivity contribution in [2.45, 2.75) is 12.2 Å². The van der Waals surface area contributed by atoms with Crippen molar-refractivity contribution < 1.29 is 14.1 Å². The molecule has 0 aromatic carbocycles. The second-order valence-corrected chi connectivity index (χ2v) is 5.21. The second-order valence-electron chi connectivity index (χ2n) is 3.40. The third-order valence-electron chi connectivity index (χ3n) is 2.11. The maximum Gasteiger partial charge on any atom is 0.354 e. The van der Waals surface area contributed by atoms with Gasteiger partial charge in [0.25, 0.3) is 0 Å². The zero-order chi connectivity index (χ0) is 12.1. The van der Waals surface area contributed by atoms with Crippen LogP contribution in [-0.2, 0) is 10.8 Å². The van der Waals surface area contributed by atoms with E-state index in [2.05, 4.69) is 10.3 Å². The minimum Gasteiger partial charge on any atom is -0.477 e. The van der Waals surface area contributed by atoms with Crippen LogP contribution < -0.4 is 5.32 Å². The van der Waals surface area contributed by atoms with E-state index in [1.807, 2.05) is 6.92 Å². The zero-order valence-electron chi connectivity index (χ0n) is 9.14. The lowest BCUT2D eigenvalue weighted by Crippen LogP contribution is -2.21. The summed E-state index contributed by atoms with van der Waals surface area (Å²) < 4.78 is 11.1. The molecular formula is C10H14N2O3S. The Morgan fingerprint density at radius 1 is 1.62 bits per heavy atom. The van der Waals surface area contributed by atoms with E-state index in [0.29, 0.717) is 12.4 Å². The fourth-order valence-electron chi connectivity index (χ4n) is 1.02. The largest absolute Gasteiger partial charge is 0.477 e. The first-order valence-corrected chi connectivity index (χ1v) is 6.39. The number of rotatable bonds is 5. The molecule has 88 valence electrons. The van der Waals surface area contributed by atoms with Gasteiger partial charge in [0, 0.05) is 28.9 Å². The molecule has 0 aliphatic carbocycles. The van der Waals surface area contributed by atoms with Crippen LogP contribution in [0.3, 0.4) is 0 Å². The van der Waals surface area contributed by atoms with E-state index >= 15 is 0 Å². The van der Waals surface area contributed by atoms with Gasteiger partial charge in [0.15, 0.2) is 5.69 Å². The highest BCUT2D eigenvalue weighted by Crippen LogP contribution is 2.05. The normalized spacial score (nSPS) is 14.1. The van der Waals surface area contributed by atoms with E-state index in [1.54, 1.807) is 18.4 Å². The maximum atomic E-state index is 11.1. The highest BCUT2D eigenvalue weighted by Gasteiger charge is 2.08. The lowest BCUT2D eigenvalue weighted by Gasteiger charge is -2.10. The van der Waals surface area contributed by atoms with Gasteiger partial charge in [-0.25, -0.2) is 9.78 Å². The first kappa shape index (κ1) is 12.6. The van der Waals surface area contributed by atoms with Crippen LogP contribution in [0.4, 0.5) is 5.82 Å². The Hall–Kier alpha value is -1.43. The molecule has 0 fully saturated rings. The van der Waals surface area contributed by atoms with Crippen molar-refractivity contribution >= 4 is 22.6 Å². The molecule has 0 saturated carbocycles. The minimum atomic E-state index is -1.06. The minimum absolute atomic E-state index is 0.00437. The number of nitrogens with zero attached hydrogens (tertiary/aromatic N) is 1. The van der Waals surface area contributed by atoms with Crippen LogP contribution >= 0.6 is 0 Å². The van der Waals surface area contributed by atoms with E-state index in [1.165, 1.54) is 6.07 Å². The van der Waals surface area contributed by atoms with Gasteiger partial charge in [0.2, 0.25) is 0 Å². The lowest BCUT2D eigenvalue weighted by molar-refractivity contribution is 0.0690. The Bertz CT molecular complexity index is 409. The number of carboxylic acid groups (broad SMARTS) is 1. The quantitative estimate of drug-likeness (QED) is 0.804. The predicted molar refractivity (Wildman–Crippen MR) is 63.2 cm³/mol. The maximum absolute atomic E-state index is 11.1. The molecule has 6 heteroatoms. The van der Waals surface area contributed by atoms with Gasteiger partial charge in [-0.3, -0.25) is 4.21 Å². The highest BCUT2D eigenvalue weighted by molar-refractivity contribution is 7.84. The van der Waals surface area contributed by atoms with Crippen molar-refractivity contribution in [1.82, 2.24) is 4.98 Å². The Kier molecular flexibility index (Phi) is 4.42. The van der Waals surface area contributed by atoms with Crippen LogP contribution in [0.25, 0.3) is 0 Å². The summed E-state index contributed by atoms with van der Waals surface area (Å²) in [5.74, 6) is -0.576. The third-order valence-corrected chi connectivity index (χ3v) is 3.41. The SMILES string of the molecule is CC(CNc1cccc(C(=O)O)n1)S(C)=O. The molecule has 1 aromatic heterocycles. The predicted octanol–water partition coefficient (Wildman–Crippen LogP) is 0.959. The fourth-order valence-corrected chi connectivity index (χ4v) is 1.34. The summed E-state index contributed by atoms with van der Waals surface area (Å²) in [5.41, 5.74) is -0.00438. The molecule has 2 atom stereocenters. The molecule has 16 heavy (non-hydrogen) atoms. The smallest absolute Gasteiger partial charge is 0.354 e. The van der Waals surface area contributed by atoms with E-state index in [0.717, 1.165) is 0 Å². The molecule has 0 aliphatic rings. The molecule has 1 rings (SSSR count). The summed E-state index contributed by atoms with van der Waals surface area (Å²) in [6.45, 7) is 2.35. The van der Waals surface area contributed by atoms with Crippen LogP contribution in [0.5, 0.6) is 0 Å². The van der Waals surface area contributed by atoms with Gasteiger partial charge in [-0.05, 0) is 19.1 Å². The fraction of sp³-hybridized carbons (Fsp3) is 0.400. The van der Waals surface area contributed by atoms with Crippen LogP contribution in [0.15, 0.2) is 18.2 Å². The summed E-state index contributed by atoms with van der Waals surface area (Å²) >= 11 is 0. The molecule has 0 bridgehead atoms. The van der Waals surface area contributed by atoms with Gasteiger partial charge in [0.1, 0.15) is 5.82 Å². The van der Waals surface area contributed by atoms with Crippen molar-refractivity contribution in [3.63, 3.8) is 0 Å². The Labute approximate surface area is 96.4 Å². The molecule has 0 aliphatic heterocycles. The zero-order valence-corrected chi connectivity index (χ0v) is 9.95. The number of hydrogen-bond acceptors (Lipinski definition) is 4. The van der Waals surface area contributed by atoms with Gasteiger partial charge in [0.05, 0.1) is 0 Å². The summed E-state index contributed by atoms with van der Waals surface area (Å²) in [7, 11) is -0.905. The van der Waals surface area contributed by atoms with Gasteiger partial charge in [-0.1, -0.05) is 6.07 Å². The van der Waals surface area contributed by atoms with E-state index in [9.17, 15) is 9.00 Å². The monoisotopic (exact) mass is 242 g/mol. The van der Waals surface area contributed by atoms with Gasteiger partial charge >= 0.3 is 5.97 Å². The number of hydrogen-bond donors (Lipinski definition) is 2. The number of anilines is 1. The number of carboxylic acids is 1. The Morgan fingerprint density at radius 3 is 2.88 bits per heavy atom. The molecule has 1 aromatic rings. The standard InChI is InChI=1S/C10H14N2O3S/c1-7(16(2)15)6-11-9-5-3-4-8(12-9)10(13)14/h3-5,7H,6H2,1-2H3,(H,11,12)(H,13,14). The topological polar surface area (TPSA) is 79.3 Å². The van der Waals surface area contributed by atoms with Crippen molar-refractivity contribution in [2.24, 2.45) is 0 Å².